The Labute approximate surface area is 173 Å². The van der Waals surface area contributed by atoms with Crippen LogP contribution in [0.1, 0.15) is 10.4 Å². The van der Waals surface area contributed by atoms with Crippen molar-refractivity contribution in [3.63, 3.8) is 0 Å². The molecule has 0 unspecified atom stereocenters. The van der Waals surface area contributed by atoms with Gasteiger partial charge in [0.25, 0.3) is 0 Å². The van der Waals surface area contributed by atoms with E-state index in [0.29, 0.717) is 16.7 Å². The Morgan fingerprint density at radius 2 is 1.61 bits per heavy atom. The van der Waals surface area contributed by atoms with Gasteiger partial charge in [0.15, 0.2) is 0 Å². The molecule has 0 N–H and O–H groups in total. The lowest BCUT2D eigenvalue weighted by atomic mass is 10.2. The molecule has 0 aliphatic rings. The Balaban J connectivity index is 2.01. The summed E-state index contributed by atoms with van der Waals surface area (Å²) in [5.74, 6) is -1.19. The first-order valence-electron chi connectivity index (χ1n) is 9.06. The first-order valence-corrected chi connectivity index (χ1v) is 9.06. The van der Waals surface area contributed by atoms with Gasteiger partial charge in [0.1, 0.15) is 11.6 Å². The lowest BCUT2D eigenvalue weighted by Crippen LogP contribution is -2.22. The maximum Gasteiger partial charge on any atom is 0.387 e. The Kier molecular flexibility index (Phi) is 5.24. The van der Waals surface area contributed by atoms with E-state index in [-0.39, 0.29) is 17.0 Å². The van der Waals surface area contributed by atoms with E-state index in [1.54, 1.807) is 12.1 Å². The fourth-order valence-corrected chi connectivity index (χ4v) is 3.33. The number of benzene rings is 3. The minimum absolute atomic E-state index is 0.117. The van der Waals surface area contributed by atoms with E-state index < -0.39 is 24.1 Å². The molecule has 4 aromatic rings. The number of carbonyl (C=O) groups excluding carboxylic acids is 1. The van der Waals surface area contributed by atoms with Crippen LogP contribution in [0.25, 0.3) is 22.4 Å². The second-order valence-electron chi connectivity index (χ2n) is 6.50. The molecule has 4 rings (SSSR count). The molecule has 0 bridgehead atoms. The number of alkyl halides is 2. The number of imidazole rings is 1. The Morgan fingerprint density at radius 3 is 2.29 bits per heavy atom. The highest BCUT2D eigenvalue weighted by molar-refractivity contribution is 5.94. The van der Waals surface area contributed by atoms with Gasteiger partial charge in [0, 0.05) is 6.07 Å². The van der Waals surface area contributed by atoms with Gasteiger partial charge in [-0.3, -0.25) is 9.13 Å². The predicted octanol–water partition coefficient (Wildman–Crippen LogP) is 4.31. The van der Waals surface area contributed by atoms with Crippen LogP contribution < -0.4 is 10.4 Å². The molecular formula is C22H15F3N2O4. The van der Waals surface area contributed by atoms with E-state index in [9.17, 15) is 22.8 Å². The van der Waals surface area contributed by atoms with Crippen molar-refractivity contribution >= 4 is 17.0 Å². The molecule has 31 heavy (non-hydrogen) atoms. The van der Waals surface area contributed by atoms with Crippen molar-refractivity contribution in [1.82, 2.24) is 9.13 Å². The van der Waals surface area contributed by atoms with Crippen LogP contribution in [-0.2, 0) is 4.74 Å². The van der Waals surface area contributed by atoms with Gasteiger partial charge in [-0.15, -0.1) is 0 Å². The molecule has 0 amide bonds. The zero-order valence-corrected chi connectivity index (χ0v) is 16.1. The van der Waals surface area contributed by atoms with Crippen LogP contribution in [0.15, 0.2) is 71.5 Å². The molecule has 0 atom stereocenters. The molecule has 158 valence electrons. The van der Waals surface area contributed by atoms with Crippen molar-refractivity contribution in [2.75, 3.05) is 7.11 Å². The second kappa shape index (κ2) is 8.02. The first kappa shape index (κ1) is 20.3. The monoisotopic (exact) mass is 428 g/mol. The lowest BCUT2D eigenvalue weighted by molar-refractivity contribution is -0.0498. The third-order valence-electron chi connectivity index (χ3n) is 4.65. The van der Waals surface area contributed by atoms with Crippen LogP contribution in [0.4, 0.5) is 13.2 Å². The maximum atomic E-state index is 13.4. The van der Waals surface area contributed by atoms with Crippen LogP contribution in [0.3, 0.4) is 0 Å². The summed E-state index contributed by atoms with van der Waals surface area (Å²) in [4.78, 5) is 25.4. The highest BCUT2D eigenvalue weighted by atomic mass is 19.3. The quantitative estimate of drug-likeness (QED) is 0.445. The molecule has 9 heteroatoms. The number of hydrogen-bond acceptors (Lipinski definition) is 4. The average molecular weight is 428 g/mol. The van der Waals surface area contributed by atoms with Gasteiger partial charge in [-0.25, -0.2) is 14.0 Å². The molecule has 3 aromatic carbocycles. The smallest absolute Gasteiger partial charge is 0.387 e. The average Bonchev–Trinajstić information content (AvgIpc) is 3.04. The zero-order valence-electron chi connectivity index (χ0n) is 16.1. The number of hydrogen-bond donors (Lipinski definition) is 0. The zero-order chi connectivity index (χ0) is 22.1. The number of fused-ring (bicyclic) bond motifs is 1. The number of nitrogens with zero attached hydrogens (tertiary/aromatic N) is 2. The van der Waals surface area contributed by atoms with E-state index in [2.05, 4.69) is 4.74 Å². The number of carbonyl (C=O) groups is 1. The Morgan fingerprint density at radius 1 is 0.903 bits per heavy atom. The minimum Gasteiger partial charge on any atom is -0.465 e. The molecule has 0 aliphatic heterocycles. The number of methoxy groups -OCH3 is 1. The molecule has 1 heterocycles. The van der Waals surface area contributed by atoms with Crippen molar-refractivity contribution in [1.29, 1.82) is 0 Å². The van der Waals surface area contributed by atoms with Crippen molar-refractivity contribution in [2.24, 2.45) is 0 Å². The van der Waals surface area contributed by atoms with E-state index in [1.807, 2.05) is 0 Å². The van der Waals surface area contributed by atoms with Gasteiger partial charge in [-0.1, -0.05) is 6.07 Å². The summed E-state index contributed by atoms with van der Waals surface area (Å²) in [6.07, 6.45) is 0. The first-order chi connectivity index (χ1) is 14.9. The number of ether oxygens (including phenoxy) is 2. The van der Waals surface area contributed by atoms with E-state index in [4.69, 9.17) is 4.74 Å². The summed E-state index contributed by atoms with van der Waals surface area (Å²) in [5, 5.41) is 0. The molecule has 0 radical (unpaired) electrons. The topological polar surface area (TPSA) is 62.5 Å². The summed E-state index contributed by atoms with van der Waals surface area (Å²) in [6, 6.07) is 15.4. The number of rotatable bonds is 5. The molecule has 0 saturated heterocycles. The molecule has 1 aromatic heterocycles. The van der Waals surface area contributed by atoms with Gasteiger partial charge in [0.2, 0.25) is 0 Å². The number of halogens is 3. The third-order valence-corrected chi connectivity index (χ3v) is 4.65. The number of esters is 1. The van der Waals surface area contributed by atoms with Crippen LogP contribution >= 0.6 is 0 Å². The summed E-state index contributed by atoms with van der Waals surface area (Å²) >= 11 is 0. The molecule has 0 spiro atoms. The van der Waals surface area contributed by atoms with Gasteiger partial charge in [-0.05, 0) is 54.6 Å². The summed E-state index contributed by atoms with van der Waals surface area (Å²) in [7, 11) is 1.24. The van der Waals surface area contributed by atoms with Gasteiger partial charge in [0.05, 0.1) is 35.1 Å². The Bertz CT molecular complexity index is 1330. The second-order valence-corrected chi connectivity index (χ2v) is 6.50. The van der Waals surface area contributed by atoms with Gasteiger partial charge < -0.3 is 9.47 Å². The van der Waals surface area contributed by atoms with Crippen LogP contribution in [0, 0.1) is 5.82 Å². The van der Waals surface area contributed by atoms with Gasteiger partial charge >= 0.3 is 18.3 Å². The standard InChI is InChI=1S/C22H15F3N2O4/c1-30-20(28)13-5-10-18-19(11-13)26(15-8-6-14(23)7-9-15)22(29)27(18)16-3-2-4-17(12-16)31-21(24)25/h2-12,21H,1H3. The van der Waals surface area contributed by atoms with E-state index in [0.717, 1.165) is 0 Å². The van der Waals surface area contributed by atoms with E-state index in [1.165, 1.54) is 70.8 Å². The lowest BCUT2D eigenvalue weighted by Gasteiger charge is -2.08. The highest BCUT2D eigenvalue weighted by Crippen LogP contribution is 2.25. The third kappa shape index (κ3) is 3.77. The molecule has 6 nitrogen and oxygen atoms in total. The normalized spacial score (nSPS) is 11.1. The molecular weight excluding hydrogens is 413 g/mol. The number of aromatic nitrogens is 2. The predicted molar refractivity (Wildman–Crippen MR) is 107 cm³/mol. The van der Waals surface area contributed by atoms with Crippen LogP contribution in [0.5, 0.6) is 5.75 Å². The molecule has 0 fully saturated rings. The molecule has 0 saturated carbocycles. The fourth-order valence-electron chi connectivity index (χ4n) is 3.33. The summed E-state index contributed by atoms with van der Waals surface area (Å²) in [6.45, 7) is -3.02. The summed E-state index contributed by atoms with van der Waals surface area (Å²) < 4.78 is 50.5. The van der Waals surface area contributed by atoms with E-state index >= 15 is 0 Å². The minimum atomic E-state index is -3.02. The SMILES string of the molecule is COC(=O)c1ccc2c(c1)n(-c1ccc(F)cc1)c(=O)n2-c1cccc(OC(F)F)c1. The molecule has 0 aliphatic carbocycles. The van der Waals surface area contributed by atoms with Crippen LogP contribution in [-0.4, -0.2) is 28.8 Å². The highest BCUT2D eigenvalue weighted by Gasteiger charge is 2.19. The maximum absolute atomic E-state index is 13.4. The van der Waals surface area contributed by atoms with Crippen molar-refractivity contribution in [2.45, 2.75) is 6.61 Å². The largest absolute Gasteiger partial charge is 0.465 e. The van der Waals surface area contributed by atoms with Crippen LogP contribution in [0.2, 0.25) is 0 Å². The summed E-state index contributed by atoms with van der Waals surface area (Å²) in [5.41, 5.74) is 1.04. The van der Waals surface area contributed by atoms with Crippen molar-refractivity contribution in [3.05, 3.63) is 88.6 Å². The van der Waals surface area contributed by atoms with Crippen molar-refractivity contribution < 1.29 is 27.4 Å². The Hall–Kier alpha value is -4.01. The fraction of sp³-hybridized carbons (Fsp3) is 0.0909. The van der Waals surface area contributed by atoms with Crippen molar-refractivity contribution in [3.8, 4) is 17.1 Å². The van der Waals surface area contributed by atoms with Gasteiger partial charge in [-0.2, -0.15) is 8.78 Å².